The van der Waals surface area contributed by atoms with Crippen molar-refractivity contribution in [3.63, 3.8) is 0 Å². The van der Waals surface area contributed by atoms with Gasteiger partial charge < -0.3 is 19.1 Å². The number of nitrogens with zero attached hydrogens (tertiary/aromatic N) is 1. The number of rotatable bonds is 8. The second kappa shape index (κ2) is 9.46. The van der Waals surface area contributed by atoms with Gasteiger partial charge in [0, 0.05) is 12.6 Å². The Morgan fingerprint density at radius 2 is 1.89 bits per heavy atom. The van der Waals surface area contributed by atoms with Crippen molar-refractivity contribution in [2.45, 2.75) is 20.0 Å². The molecule has 0 radical (unpaired) electrons. The summed E-state index contributed by atoms with van der Waals surface area (Å²) in [6.45, 7) is 4.38. The molecular formula is C20H23ClFNO4. The van der Waals surface area contributed by atoms with E-state index in [0.717, 1.165) is 0 Å². The van der Waals surface area contributed by atoms with E-state index < -0.39 is 0 Å². The molecule has 7 heteroatoms. The number of methoxy groups -OCH3 is 1. The molecule has 0 unspecified atom stereocenters. The number of ether oxygens (including phenoxy) is 3. The third-order valence-electron chi connectivity index (χ3n) is 3.69. The molecule has 2 aromatic rings. The lowest BCUT2D eigenvalue weighted by molar-refractivity contribution is 0.0773. The van der Waals surface area contributed by atoms with Crippen LogP contribution in [0.15, 0.2) is 36.4 Å². The SMILES string of the molecule is COc1cc(C(=O)N(C)CCOc2ccc(F)cc2)cc(Cl)c1OC(C)C. The summed E-state index contributed by atoms with van der Waals surface area (Å²) in [6, 6.07) is 8.87. The van der Waals surface area contributed by atoms with E-state index in [1.54, 1.807) is 19.2 Å². The van der Waals surface area contributed by atoms with E-state index in [4.69, 9.17) is 25.8 Å². The maximum Gasteiger partial charge on any atom is 0.253 e. The number of hydrogen-bond acceptors (Lipinski definition) is 4. The van der Waals surface area contributed by atoms with Crippen LogP contribution in [0.25, 0.3) is 0 Å². The third kappa shape index (κ3) is 5.76. The van der Waals surface area contributed by atoms with Gasteiger partial charge in [0.1, 0.15) is 18.2 Å². The predicted molar refractivity (Wildman–Crippen MR) is 103 cm³/mol. The number of halogens is 2. The van der Waals surface area contributed by atoms with E-state index in [0.29, 0.717) is 34.4 Å². The van der Waals surface area contributed by atoms with Gasteiger partial charge in [0.15, 0.2) is 11.5 Å². The Balaban J connectivity index is 2.02. The number of carbonyl (C=O) groups is 1. The summed E-state index contributed by atoms with van der Waals surface area (Å²) >= 11 is 6.27. The fraction of sp³-hybridized carbons (Fsp3) is 0.350. The highest BCUT2D eigenvalue weighted by molar-refractivity contribution is 6.32. The molecule has 0 aliphatic carbocycles. The summed E-state index contributed by atoms with van der Waals surface area (Å²) in [5.41, 5.74) is 0.386. The average Bonchev–Trinajstić information content (AvgIpc) is 2.63. The molecule has 0 fully saturated rings. The van der Waals surface area contributed by atoms with Gasteiger partial charge in [-0.2, -0.15) is 0 Å². The van der Waals surface area contributed by atoms with Crippen LogP contribution in [0.3, 0.4) is 0 Å². The molecule has 0 aliphatic heterocycles. The van der Waals surface area contributed by atoms with E-state index in [1.165, 1.54) is 36.3 Å². The Morgan fingerprint density at radius 3 is 2.48 bits per heavy atom. The lowest BCUT2D eigenvalue weighted by Crippen LogP contribution is -2.31. The van der Waals surface area contributed by atoms with E-state index in [2.05, 4.69) is 0 Å². The highest BCUT2D eigenvalue weighted by Gasteiger charge is 2.19. The number of likely N-dealkylation sites (N-methyl/N-ethyl adjacent to an activating group) is 1. The number of hydrogen-bond donors (Lipinski definition) is 0. The number of amides is 1. The maximum absolute atomic E-state index is 12.9. The zero-order chi connectivity index (χ0) is 20.0. The zero-order valence-electron chi connectivity index (χ0n) is 15.8. The highest BCUT2D eigenvalue weighted by atomic mass is 35.5. The van der Waals surface area contributed by atoms with Gasteiger partial charge in [0.05, 0.1) is 24.8 Å². The van der Waals surface area contributed by atoms with Crippen LogP contribution in [-0.4, -0.2) is 44.2 Å². The summed E-state index contributed by atoms with van der Waals surface area (Å²) in [5.74, 6) is 0.792. The zero-order valence-corrected chi connectivity index (χ0v) is 16.5. The van der Waals surface area contributed by atoms with Crippen LogP contribution >= 0.6 is 11.6 Å². The normalized spacial score (nSPS) is 10.6. The molecule has 1 amide bonds. The summed E-state index contributed by atoms with van der Waals surface area (Å²) in [6.07, 6.45) is -0.0794. The Bertz CT molecular complexity index is 780. The predicted octanol–water partition coefficient (Wildman–Crippen LogP) is 4.43. The molecule has 0 spiro atoms. The lowest BCUT2D eigenvalue weighted by Gasteiger charge is -2.20. The summed E-state index contributed by atoms with van der Waals surface area (Å²) < 4.78 is 29.4. The number of carbonyl (C=O) groups excluding carboxylic acids is 1. The average molecular weight is 396 g/mol. The summed E-state index contributed by atoms with van der Waals surface area (Å²) in [5, 5.41) is 0.308. The minimum absolute atomic E-state index is 0.0794. The standard InChI is InChI=1S/C20H23ClFNO4/c1-13(2)27-19-17(21)11-14(12-18(19)25-4)20(24)23(3)9-10-26-16-7-5-15(22)6-8-16/h5-8,11-13H,9-10H2,1-4H3. The fourth-order valence-electron chi connectivity index (χ4n) is 2.35. The van der Waals surface area contributed by atoms with Crippen LogP contribution in [0.4, 0.5) is 4.39 Å². The topological polar surface area (TPSA) is 48.0 Å². The van der Waals surface area contributed by atoms with Gasteiger partial charge in [-0.05, 0) is 50.2 Å². The van der Waals surface area contributed by atoms with Crippen molar-refractivity contribution in [1.29, 1.82) is 0 Å². The second-order valence-corrected chi connectivity index (χ2v) is 6.59. The largest absolute Gasteiger partial charge is 0.493 e. The van der Waals surface area contributed by atoms with E-state index in [9.17, 15) is 9.18 Å². The van der Waals surface area contributed by atoms with Gasteiger partial charge in [-0.3, -0.25) is 4.79 Å². The van der Waals surface area contributed by atoms with Gasteiger partial charge in [-0.25, -0.2) is 4.39 Å². The lowest BCUT2D eigenvalue weighted by atomic mass is 10.1. The van der Waals surface area contributed by atoms with E-state index in [-0.39, 0.29) is 24.4 Å². The Morgan fingerprint density at radius 1 is 1.22 bits per heavy atom. The van der Waals surface area contributed by atoms with Crippen LogP contribution < -0.4 is 14.2 Å². The Hall–Kier alpha value is -2.47. The molecule has 0 bridgehead atoms. The molecule has 0 N–H and O–H groups in total. The minimum atomic E-state index is -0.328. The smallest absolute Gasteiger partial charge is 0.253 e. The molecule has 2 aromatic carbocycles. The molecule has 0 heterocycles. The Labute approximate surface area is 163 Å². The Kier molecular flexibility index (Phi) is 7.30. The van der Waals surface area contributed by atoms with Crippen molar-refractivity contribution in [2.24, 2.45) is 0 Å². The van der Waals surface area contributed by atoms with Crippen LogP contribution in [0.1, 0.15) is 24.2 Å². The van der Waals surface area contributed by atoms with Crippen LogP contribution in [0.5, 0.6) is 17.2 Å². The monoisotopic (exact) mass is 395 g/mol. The highest BCUT2D eigenvalue weighted by Crippen LogP contribution is 2.37. The first kappa shape index (κ1) is 20.8. The van der Waals surface area contributed by atoms with Crippen molar-refractivity contribution in [2.75, 3.05) is 27.3 Å². The molecular weight excluding hydrogens is 373 g/mol. The van der Waals surface area contributed by atoms with Crippen molar-refractivity contribution in [1.82, 2.24) is 4.90 Å². The third-order valence-corrected chi connectivity index (χ3v) is 3.97. The molecule has 0 saturated carbocycles. The molecule has 0 aromatic heterocycles. The van der Waals surface area contributed by atoms with Gasteiger partial charge in [0.2, 0.25) is 0 Å². The first-order valence-corrected chi connectivity index (χ1v) is 8.87. The van der Waals surface area contributed by atoms with Crippen molar-refractivity contribution < 1.29 is 23.4 Å². The van der Waals surface area contributed by atoms with Gasteiger partial charge in [-0.1, -0.05) is 11.6 Å². The first-order valence-electron chi connectivity index (χ1n) is 8.49. The summed E-state index contributed by atoms with van der Waals surface area (Å²) in [7, 11) is 3.16. The van der Waals surface area contributed by atoms with Crippen molar-refractivity contribution in [3.8, 4) is 17.2 Å². The van der Waals surface area contributed by atoms with Crippen molar-refractivity contribution in [3.05, 3.63) is 52.8 Å². The molecule has 0 atom stereocenters. The van der Waals surface area contributed by atoms with Gasteiger partial charge in [-0.15, -0.1) is 0 Å². The van der Waals surface area contributed by atoms with Gasteiger partial charge in [0.25, 0.3) is 5.91 Å². The second-order valence-electron chi connectivity index (χ2n) is 6.19. The molecule has 5 nitrogen and oxygen atoms in total. The fourth-order valence-corrected chi connectivity index (χ4v) is 2.60. The maximum atomic E-state index is 12.9. The molecule has 146 valence electrons. The van der Waals surface area contributed by atoms with Crippen LogP contribution in [-0.2, 0) is 0 Å². The van der Waals surface area contributed by atoms with Crippen LogP contribution in [0.2, 0.25) is 5.02 Å². The quantitative estimate of drug-likeness (QED) is 0.663. The van der Waals surface area contributed by atoms with E-state index in [1.807, 2.05) is 13.8 Å². The molecule has 0 aliphatic rings. The van der Waals surface area contributed by atoms with E-state index >= 15 is 0 Å². The van der Waals surface area contributed by atoms with Gasteiger partial charge >= 0.3 is 0 Å². The molecule has 2 rings (SSSR count). The summed E-state index contributed by atoms with van der Waals surface area (Å²) in [4.78, 5) is 14.2. The molecule has 0 saturated heterocycles. The van der Waals surface area contributed by atoms with Crippen LogP contribution in [0, 0.1) is 5.82 Å². The first-order chi connectivity index (χ1) is 12.8. The molecule has 27 heavy (non-hydrogen) atoms. The van der Waals surface area contributed by atoms with Crippen molar-refractivity contribution >= 4 is 17.5 Å². The minimum Gasteiger partial charge on any atom is -0.493 e. The number of benzene rings is 2.